The van der Waals surface area contributed by atoms with Gasteiger partial charge in [-0.3, -0.25) is 0 Å². The Kier molecular flexibility index (Phi) is 5.49. The lowest BCUT2D eigenvalue weighted by Crippen LogP contribution is -1.93. The van der Waals surface area contributed by atoms with Crippen LogP contribution < -0.4 is 0 Å². The minimum atomic E-state index is 0.710. The first kappa shape index (κ1) is 10.8. The fourth-order valence-corrected chi connectivity index (χ4v) is 1.45. The van der Waals surface area contributed by atoms with Gasteiger partial charge in [-0.25, -0.2) is 4.98 Å². The van der Waals surface area contributed by atoms with Crippen LogP contribution in [0.4, 0.5) is 0 Å². The molecule has 0 amide bonds. The van der Waals surface area contributed by atoms with Gasteiger partial charge in [-0.2, -0.15) is 5.26 Å². The number of nitrogens with zero attached hydrogens (tertiary/aromatic N) is 3. The molecule has 0 bridgehead atoms. The maximum Gasteiger partial charge on any atom is 0.0945 e. The zero-order valence-corrected chi connectivity index (χ0v) is 8.52. The Morgan fingerprint density at radius 2 is 1.93 bits per heavy atom. The molecule has 0 unspecified atom stereocenters. The van der Waals surface area contributed by atoms with Crippen molar-refractivity contribution in [2.24, 2.45) is 0 Å². The highest BCUT2D eigenvalue weighted by Crippen LogP contribution is 2.05. The van der Waals surface area contributed by atoms with E-state index in [0.717, 1.165) is 13.0 Å². The molecule has 3 heteroatoms. The predicted octanol–water partition coefficient (Wildman–Crippen LogP) is 2.75. The topological polar surface area (TPSA) is 41.6 Å². The molecule has 1 aromatic heterocycles. The second kappa shape index (κ2) is 7.14. The van der Waals surface area contributed by atoms with E-state index in [2.05, 4.69) is 15.6 Å². The van der Waals surface area contributed by atoms with E-state index in [1.807, 2.05) is 18.7 Å². The number of rotatable bonds is 7. The highest BCUT2D eigenvalue weighted by molar-refractivity contribution is 4.73. The standard InChI is InChI=1S/C11H17N3/c12-7-5-3-1-2-4-6-9-14-10-8-13-11-14/h8,10-11H,1-6,9H2. The lowest BCUT2D eigenvalue weighted by Gasteiger charge is -2.01. The molecule has 0 fully saturated rings. The summed E-state index contributed by atoms with van der Waals surface area (Å²) < 4.78 is 2.11. The van der Waals surface area contributed by atoms with Crippen LogP contribution in [0.3, 0.4) is 0 Å². The summed E-state index contributed by atoms with van der Waals surface area (Å²) in [5.41, 5.74) is 0. The molecule has 0 N–H and O–H groups in total. The maximum atomic E-state index is 8.33. The van der Waals surface area contributed by atoms with E-state index in [0.29, 0.717) is 6.42 Å². The van der Waals surface area contributed by atoms with Crippen molar-refractivity contribution in [1.29, 1.82) is 5.26 Å². The largest absolute Gasteiger partial charge is 0.337 e. The number of imidazole rings is 1. The second-order valence-corrected chi connectivity index (χ2v) is 3.48. The Morgan fingerprint density at radius 1 is 1.14 bits per heavy atom. The minimum Gasteiger partial charge on any atom is -0.337 e. The highest BCUT2D eigenvalue weighted by atomic mass is 15.0. The van der Waals surface area contributed by atoms with E-state index in [9.17, 15) is 0 Å². The summed E-state index contributed by atoms with van der Waals surface area (Å²) in [5, 5.41) is 8.33. The van der Waals surface area contributed by atoms with Crippen LogP contribution in [-0.4, -0.2) is 9.55 Å². The second-order valence-electron chi connectivity index (χ2n) is 3.48. The maximum absolute atomic E-state index is 8.33. The molecular formula is C11H17N3. The predicted molar refractivity (Wildman–Crippen MR) is 55.5 cm³/mol. The van der Waals surface area contributed by atoms with Gasteiger partial charge in [0.1, 0.15) is 0 Å². The van der Waals surface area contributed by atoms with Crippen molar-refractivity contribution < 1.29 is 0 Å². The van der Waals surface area contributed by atoms with Crippen LogP contribution in [0.25, 0.3) is 0 Å². The summed E-state index contributed by atoms with van der Waals surface area (Å²) in [6.07, 6.45) is 12.3. The molecule has 1 heterocycles. The van der Waals surface area contributed by atoms with Gasteiger partial charge in [0.15, 0.2) is 0 Å². The van der Waals surface area contributed by atoms with Crippen LogP contribution >= 0.6 is 0 Å². The third kappa shape index (κ3) is 4.66. The SMILES string of the molecule is N#CCCCCCCCn1ccnc1. The number of aryl methyl sites for hydroxylation is 1. The highest BCUT2D eigenvalue weighted by Gasteiger charge is 1.92. The molecule has 0 aromatic carbocycles. The van der Waals surface area contributed by atoms with E-state index >= 15 is 0 Å². The van der Waals surface area contributed by atoms with Crippen LogP contribution in [0.5, 0.6) is 0 Å². The molecule has 0 atom stereocenters. The van der Waals surface area contributed by atoms with E-state index in [1.54, 1.807) is 0 Å². The van der Waals surface area contributed by atoms with E-state index < -0.39 is 0 Å². The summed E-state index contributed by atoms with van der Waals surface area (Å²) in [4.78, 5) is 3.99. The molecule has 0 aliphatic carbocycles. The lowest BCUT2D eigenvalue weighted by molar-refractivity contribution is 0.563. The smallest absolute Gasteiger partial charge is 0.0945 e. The van der Waals surface area contributed by atoms with Crippen LogP contribution in [0.1, 0.15) is 38.5 Å². The molecule has 0 saturated heterocycles. The summed E-state index contributed by atoms with van der Waals surface area (Å²) in [6.45, 7) is 1.07. The quantitative estimate of drug-likeness (QED) is 0.622. The average molecular weight is 191 g/mol. The van der Waals surface area contributed by atoms with Gasteiger partial charge < -0.3 is 4.57 Å². The first-order valence-electron chi connectivity index (χ1n) is 5.26. The molecular weight excluding hydrogens is 174 g/mol. The molecule has 76 valence electrons. The number of hydrogen-bond donors (Lipinski definition) is 0. The van der Waals surface area contributed by atoms with Crippen molar-refractivity contribution in [3.05, 3.63) is 18.7 Å². The Balaban J connectivity index is 1.88. The van der Waals surface area contributed by atoms with Crippen molar-refractivity contribution in [3.8, 4) is 6.07 Å². The van der Waals surface area contributed by atoms with Crippen LogP contribution in [-0.2, 0) is 6.54 Å². The Labute approximate surface area is 85.4 Å². The van der Waals surface area contributed by atoms with E-state index in [-0.39, 0.29) is 0 Å². The van der Waals surface area contributed by atoms with Crippen molar-refractivity contribution >= 4 is 0 Å². The van der Waals surface area contributed by atoms with Crippen molar-refractivity contribution in [1.82, 2.24) is 9.55 Å². The Morgan fingerprint density at radius 3 is 2.64 bits per heavy atom. The van der Waals surface area contributed by atoms with Gasteiger partial charge in [0, 0.05) is 25.4 Å². The first-order chi connectivity index (χ1) is 6.93. The van der Waals surface area contributed by atoms with Gasteiger partial charge in [0.05, 0.1) is 12.4 Å². The monoisotopic (exact) mass is 191 g/mol. The Bertz CT molecular complexity index is 259. The van der Waals surface area contributed by atoms with Gasteiger partial charge in [-0.15, -0.1) is 0 Å². The molecule has 14 heavy (non-hydrogen) atoms. The van der Waals surface area contributed by atoms with E-state index in [1.165, 1.54) is 25.7 Å². The number of nitriles is 1. The van der Waals surface area contributed by atoms with Gasteiger partial charge in [-0.1, -0.05) is 19.3 Å². The third-order valence-corrected chi connectivity index (χ3v) is 2.26. The fraction of sp³-hybridized carbons (Fsp3) is 0.636. The number of aromatic nitrogens is 2. The summed E-state index contributed by atoms with van der Waals surface area (Å²) in [7, 11) is 0. The van der Waals surface area contributed by atoms with Crippen LogP contribution in [0.15, 0.2) is 18.7 Å². The molecule has 0 aliphatic heterocycles. The van der Waals surface area contributed by atoms with Gasteiger partial charge in [0.2, 0.25) is 0 Å². The molecule has 0 spiro atoms. The normalized spacial score (nSPS) is 9.93. The minimum absolute atomic E-state index is 0.710. The number of unbranched alkanes of at least 4 members (excludes halogenated alkanes) is 5. The van der Waals surface area contributed by atoms with Gasteiger partial charge in [0.25, 0.3) is 0 Å². The summed E-state index contributed by atoms with van der Waals surface area (Å²) in [5.74, 6) is 0. The summed E-state index contributed by atoms with van der Waals surface area (Å²) in [6, 6.07) is 2.17. The number of hydrogen-bond acceptors (Lipinski definition) is 2. The zero-order valence-electron chi connectivity index (χ0n) is 8.52. The molecule has 1 aromatic rings. The molecule has 1 rings (SSSR count). The molecule has 0 saturated carbocycles. The molecule has 3 nitrogen and oxygen atoms in total. The zero-order chi connectivity index (χ0) is 10.1. The average Bonchev–Trinajstić information content (AvgIpc) is 2.69. The van der Waals surface area contributed by atoms with Crippen LogP contribution in [0, 0.1) is 11.3 Å². The van der Waals surface area contributed by atoms with Gasteiger partial charge >= 0.3 is 0 Å². The lowest BCUT2D eigenvalue weighted by atomic mass is 10.1. The Hall–Kier alpha value is -1.30. The fourth-order valence-electron chi connectivity index (χ4n) is 1.45. The van der Waals surface area contributed by atoms with Gasteiger partial charge in [-0.05, 0) is 12.8 Å². The van der Waals surface area contributed by atoms with E-state index in [4.69, 9.17) is 5.26 Å². The third-order valence-electron chi connectivity index (χ3n) is 2.26. The van der Waals surface area contributed by atoms with Crippen molar-refractivity contribution in [2.75, 3.05) is 0 Å². The molecule has 0 radical (unpaired) electrons. The first-order valence-corrected chi connectivity index (χ1v) is 5.26. The summed E-state index contributed by atoms with van der Waals surface area (Å²) >= 11 is 0. The van der Waals surface area contributed by atoms with Crippen molar-refractivity contribution in [3.63, 3.8) is 0 Å². The molecule has 0 aliphatic rings. The van der Waals surface area contributed by atoms with Crippen LogP contribution in [0.2, 0.25) is 0 Å². The van der Waals surface area contributed by atoms with Crippen molar-refractivity contribution in [2.45, 2.75) is 45.1 Å².